The van der Waals surface area contributed by atoms with Gasteiger partial charge in [-0.1, -0.05) is 12.1 Å². The molecule has 1 heterocycles. The molecule has 2 aromatic rings. The zero-order chi connectivity index (χ0) is 13.2. The number of rotatable bonds is 3. The Bertz CT molecular complexity index is 543. The van der Waals surface area contributed by atoms with E-state index in [1.54, 1.807) is 38.1 Å². The largest absolute Gasteiger partial charge is 0.386 e. The first-order valence-corrected chi connectivity index (χ1v) is 5.46. The van der Waals surface area contributed by atoms with Crippen LogP contribution in [0.3, 0.4) is 0 Å². The second kappa shape index (κ2) is 4.58. The first kappa shape index (κ1) is 12.3. The number of carbonyl (C=O) groups excluding carboxylic acids is 1. The highest BCUT2D eigenvalue weighted by atomic mass is 16.3. The van der Waals surface area contributed by atoms with Gasteiger partial charge in [0.1, 0.15) is 6.33 Å². The molecule has 6 nitrogen and oxygen atoms in total. The van der Waals surface area contributed by atoms with Crippen molar-refractivity contribution < 1.29 is 9.90 Å². The number of carbonyl (C=O) groups is 1. The number of aliphatic hydroxyl groups is 1. The van der Waals surface area contributed by atoms with Crippen LogP contribution in [0.15, 0.2) is 30.6 Å². The molecule has 0 aliphatic carbocycles. The fourth-order valence-electron chi connectivity index (χ4n) is 1.49. The number of hydrogen-bond donors (Lipinski definition) is 3. The van der Waals surface area contributed by atoms with Crippen LogP contribution in [-0.2, 0) is 5.60 Å². The second-order valence-electron chi connectivity index (χ2n) is 4.43. The van der Waals surface area contributed by atoms with Crippen molar-refractivity contribution in [3.63, 3.8) is 0 Å². The van der Waals surface area contributed by atoms with Gasteiger partial charge < -0.3 is 5.11 Å². The molecule has 0 radical (unpaired) electrons. The van der Waals surface area contributed by atoms with E-state index in [2.05, 4.69) is 20.5 Å². The number of nitrogens with zero attached hydrogens (tertiary/aromatic N) is 2. The number of anilines is 1. The minimum atomic E-state index is -0.984. The molecule has 18 heavy (non-hydrogen) atoms. The van der Waals surface area contributed by atoms with Crippen molar-refractivity contribution in [2.75, 3.05) is 5.32 Å². The molecule has 0 atom stereocenters. The lowest BCUT2D eigenvalue weighted by atomic mass is 9.96. The van der Waals surface area contributed by atoms with E-state index >= 15 is 0 Å². The SMILES string of the molecule is CC(C)(O)c1cccc(C(=O)Nc2ncn[nH]2)c1. The molecule has 0 bridgehead atoms. The van der Waals surface area contributed by atoms with Gasteiger partial charge in [0.25, 0.3) is 5.91 Å². The number of aromatic amines is 1. The minimum Gasteiger partial charge on any atom is -0.386 e. The standard InChI is InChI=1S/C12H14N4O2/c1-12(2,18)9-5-3-4-8(6-9)10(17)15-11-13-7-14-16-11/h3-7,18H,1-2H3,(H2,13,14,15,16,17). The Hall–Kier alpha value is -2.21. The third-order valence-corrected chi connectivity index (χ3v) is 2.48. The van der Waals surface area contributed by atoms with E-state index in [1.165, 1.54) is 6.33 Å². The smallest absolute Gasteiger partial charge is 0.258 e. The van der Waals surface area contributed by atoms with Crippen LogP contribution in [0, 0.1) is 0 Å². The van der Waals surface area contributed by atoms with Crippen molar-refractivity contribution in [3.05, 3.63) is 41.7 Å². The van der Waals surface area contributed by atoms with Gasteiger partial charge in [0.15, 0.2) is 0 Å². The highest BCUT2D eigenvalue weighted by Crippen LogP contribution is 2.20. The zero-order valence-electron chi connectivity index (χ0n) is 10.1. The van der Waals surface area contributed by atoms with Crippen molar-refractivity contribution in [2.24, 2.45) is 0 Å². The molecule has 0 spiro atoms. The van der Waals surface area contributed by atoms with Crippen LogP contribution >= 0.6 is 0 Å². The van der Waals surface area contributed by atoms with Gasteiger partial charge in [-0.15, -0.1) is 0 Å². The van der Waals surface area contributed by atoms with Crippen molar-refractivity contribution in [1.29, 1.82) is 0 Å². The molecule has 3 N–H and O–H groups in total. The fourth-order valence-corrected chi connectivity index (χ4v) is 1.49. The van der Waals surface area contributed by atoms with Gasteiger partial charge in [-0.05, 0) is 31.5 Å². The van der Waals surface area contributed by atoms with Gasteiger partial charge in [0.2, 0.25) is 5.95 Å². The molecular weight excluding hydrogens is 232 g/mol. The first-order valence-electron chi connectivity index (χ1n) is 5.46. The van der Waals surface area contributed by atoms with Crippen molar-refractivity contribution >= 4 is 11.9 Å². The highest BCUT2D eigenvalue weighted by Gasteiger charge is 2.17. The Labute approximate surface area is 104 Å². The van der Waals surface area contributed by atoms with Gasteiger partial charge in [-0.2, -0.15) is 10.1 Å². The first-order chi connectivity index (χ1) is 8.47. The van der Waals surface area contributed by atoms with E-state index < -0.39 is 5.60 Å². The third-order valence-electron chi connectivity index (χ3n) is 2.48. The Kier molecular flexibility index (Phi) is 3.12. The number of hydrogen-bond acceptors (Lipinski definition) is 4. The predicted molar refractivity (Wildman–Crippen MR) is 66.0 cm³/mol. The molecule has 94 valence electrons. The van der Waals surface area contributed by atoms with Crippen LogP contribution in [0.1, 0.15) is 29.8 Å². The monoisotopic (exact) mass is 246 g/mol. The molecule has 6 heteroatoms. The van der Waals surface area contributed by atoms with E-state index in [0.29, 0.717) is 11.1 Å². The molecule has 0 unspecified atom stereocenters. The summed E-state index contributed by atoms with van der Waals surface area (Å²) >= 11 is 0. The van der Waals surface area contributed by atoms with E-state index in [1.807, 2.05) is 0 Å². The topological polar surface area (TPSA) is 90.9 Å². The van der Waals surface area contributed by atoms with Crippen molar-refractivity contribution in [2.45, 2.75) is 19.4 Å². The molecule has 2 rings (SSSR count). The average Bonchev–Trinajstić information content (AvgIpc) is 2.81. The van der Waals surface area contributed by atoms with Crippen LogP contribution in [0.2, 0.25) is 0 Å². The van der Waals surface area contributed by atoms with E-state index in [4.69, 9.17) is 0 Å². The number of nitrogens with one attached hydrogen (secondary N) is 2. The predicted octanol–water partition coefficient (Wildman–Crippen LogP) is 1.28. The van der Waals surface area contributed by atoms with Crippen molar-refractivity contribution in [3.8, 4) is 0 Å². The lowest BCUT2D eigenvalue weighted by Crippen LogP contribution is -2.18. The maximum Gasteiger partial charge on any atom is 0.258 e. The average molecular weight is 246 g/mol. The fraction of sp³-hybridized carbons (Fsp3) is 0.250. The Morgan fingerprint density at radius 3 is 2.83 bits per heavy atom. The number of amides is 1. The van der Waals surface area contributed by atoms with Crippen LogP contribution in [0.5, 0.6) is 0 Å². The summed E-state index contributed by atoms with van der Waals surface area (Å²) in [6, 6.07) is 6.81. The highest BCUT2D eigenvalue weighted by molar-refractivity contribution is 6.03. The number of aromatic nitrogens is 3. The summed E-state index contributed by atoms with van der Waals surface area (Å²) in [4.78, 5) is 15.7. The molecular formula is C12H14N4O2. The van der Waals surface area contributed by atoms with Gasteiger partial charge in [-0.3, -0.25) is 10.1 Å². The molecule has 0 saturated carbocycles. The van der Waals surface area contributed by atoms with E-state index in [0.717, 1.165) is 0 Å². The summed E-state index contributed by atoms with van der Waals surface area (Å²) in [7, 11) is 0. The maximum absolute atomic E-state index is 11.9. The third kappa shape index (κ3) is 2.72. The van der Waals surface area contributed by atoms with Gasteiger partial charge in [0, 0.05) is 5.56 Å². The van der Waals surface area contributed by atoms with E-state index in [9.17, 15) is 9.90 Å². The number of H-pyrrole nitrogens is 1. The Morgan fingerprint density at radius 1 is 1.44 bits per heavy atom. The van der Waals surface area contributed by atoms with Crippen LogP contribution < -0.4 is 5.32 Å². The van der Waals surface area contributed by atoms with Crippen molar-refractivity contribution in [1.82, 2.24) is 15.2 Å². The summed E-state index contributed by atoms with van der Waals surface area (Å²) < 4.78 is 0. The summed E-state index contributed by atoms with van der Waals surface area (Å²) in [5, 5.41) is 18.6. The molecule has 0 aliphatic rings. The lowest BCUT2D eigenvalue weighted by Gasteiger charge is -2.18. The summed E-state index contributed by atoms with van der Waals surface area (Å²) in [6.07, 6.45) is 1.31. The molecule has 0 saturated heterocycles. The normalized spacial score (nSPS) is 11.3. The van der Waals surface area contributed by atoms with Crippen LogP contribution in [0.4, 0.5) is 5.95 Å². The molecule has 1 aromatic heterocycles. The molecule has 1 amide bonds. The lowest BCUT2D eigenvalue weighted by molar-refractivity contribution is 0.0785. The maximum atomic E-state index is 11.9. The quantitative estimate of drug-likeness (QED) is 0.761. The molecule has 1 aromatic carbocycles. The zero-order valence-corrected chi connectivity index (χ0v) is 10.1. The second-order valence-corrected chi connectivity index (χ2v) is 4.43. The Morgan fingerprint density at radius 2 is 2.22 bits per heavy atom. The van der Waals surface area contributed by atoms with Gasteiger partial charge in [-0.25, -0.2) is 5.10 Å². The van der Waals surface area contributed by atoms with Crippen LogP contribution in [-0.4, -0.2) is 26.2 Å². The Balaban J connectivity index is 2.21. The summed E-state index contributed by atoms with van der Waals surface area (Å²) in [5.74, 6) is -0.0217. The molecule has 0 aliphatic heterocycles. The summed E-state index contributed by atoms with van der Waals surface area (Å²) in [6.45, 7) is 3.33. The van der Waals surface area contributed by atoms with Crippen LogP contribution in [0.25, 0.3) is 0 Å². The minimum absolute atomic E-state index is 0.286. The molecule has 0 fully saturated rings. The number of benzene rings is 1. The van der Waals surface area contributed by atoms with E-state index in [-0.39, 0.29) is 11.9 Å². The van der Waals surface area contributed by atoms with Gasteiger partial charge in [0.05, 0.1) is 5.60 Å². The summed E-state index contributed by atoms with van der Waals surface area (Å²) in [5.41, 5.74) is 0.140. The van der Waals surface area contributed by atoms with Gasteiger partial charge >= 0.3 is 0 Å².